The first-order valence-electron chi connectivity index (χ1n) is 6.61. The maximum atomic E-state index is 12.4. The van der Waals surface area contributed by atoms with Crippen LogP contribution in [0.1, 0.15) is 5.56 Å². The van der Waals surface area contributed by atoms with Crippen molar-refractivity contribution < 1.29 is 13.2 Å². The molecule has 23 heavy (non-hydrogen) atoms. The van der Waals surface area contributed by atoms with Gasteiger partial charge in [0, 0.05) is 11.6 Å². The lowest BCUT2D eigenvalue weighted by Crippen LogP contribution is -2.26. The highest BCUT2D eigenvalue weighted by Gasteiger charge is 2.22. The van der Waals surface area contributed by atoms with Crippen molar-refractivity contribution in [3.8, 4) is 5.75 Å². The van der Waals surface area contributed by atoms with Crippen LogP contribution in [0.5, 0.6) is 5.75 Å². The quantitative estimate of drug-likeness (QED) is 0.800. The van der Waals surface area contributed by atoms with Crippen molar-refractivity contribution in [2.45, 2.75) is 11.3 Å². The predicted molar refractivity (Wildman–Crippen MR) is 93.4 cm³/mol. The second-order valence-electron chi connectivity index (χ2n) is 4.66. The fourth-order valence-corrected chi connectivity index (χ4v) is 4.66. The van der Waals surface area contributed by atoms with Crippen LogP contribution in [-0.2, 0) is 16.4 Å². The summed E-state index contributed by atoms with van der Waals surface area (Å²) in [6.07, 6.45) is 0.464. The number of hydrogen-bond donors (Lipinski definition) is 1. The molecule has 0 aliphatic rings. The van der Waals surface area contributed by atoms with Crippen LogP contribution < -0.4 is 9.46 Å². The van der Waals surface area contributed by atoms with E-state index in [-0.39, 0.29) is 26.5 Å². The van der Waals surface area contributed by atoms with Gasteiger partial charge in [0.25, 0.3) is 0 Å². The molecule has 0 bridgehead atoms. The van der Waals surface area contributed by atoms with Gasteiger partial charge in [-0.3, -0.25) is 0 Å². The summed E-state index contributed by atoms with van der Waals surface area (Å²) in [5.74, 6) is 0.703. The lowest BCUT2D eigenvalue weighted by atomic mass is 10.1. The van der Waals surface area contributed by atoms with Crippen molar-refractivity contribution >= 4 is 44.8 Å². The normalized spacial score (nSPS) is 11.5. The Kier molecular flexibility index (Phi) is 6.17. The molecule has 0 saturated heterocycles. The summed E-state index contributed by atoms with van der Waals surface area (Å²) in [6.45, 7) is 0.179. The number of ether oxygens (including phenoxy) is 1. The van der Waals surface area contributed by atoms with Gasteiger partial charge in [0.05, 0.1) is 17.2 Å². The average Bonchev–Trinajstić information content (AvgIpc) is 2.46. The van der Waals surface area contributed by atoms with E-state index in [1.54, 1.807) is 7.11 Å². The summed E-state index contributed by atoms with van der Waals surface area (Å²) in [7, 11) is -2.28. The van der Waals surface area contributed by atoms with Crippen LogP contribution in [0.4, 0.5) is 0 Å². The van der Waals surface area contributed by atoms with E-state index in [1.165, 1.54) is 12.1 Å². The second-order valence-corrected chi connectivity index (χ2v) is 7.61. The van der Waals surface area contributed by atoms with Crippen LogP contribution in [0.2, 0.25) is 15.1 Å². The van der Waals surface area contributed by atoms with Gasteiger partial charge in [0.1, 0.15) is 10.6 Å². The number of methoxy groups -OCH3 is 1. The standard InChI is InChI=1S/C15H14Cl3NO3S/c1-22-14-5-3-2-4-10(14)6-7-19-23(20,21)15-12(17)8-11(16)9-13(15)18/h2-5,8-9,19H,6-7H2,1H3. The summed E-state index contributed by atoms with van der Waals surface area (Å²) < 4.78 is 32.5. The molecule has 124 valence electrons. The molecule has 0 saturated carbocycles. The minimum atomic E-state index is -3.84. The Bertz CT molecular complexity index is 786. The molecule has 0 radical (unpaired) electrons. The molecule has 0 unspecified atom stereocenters. The van der Waals surface area contributed by atoms with E-state index in [1.807, 2.05) is 24.3 Å². The summed E-state index contributed by atoms with van der Waals surface area (Å²) in [4.78, 5) is -0.176. The molecule has 0 aliphatic heterocycles. The number of rotatable bonds is 6. The Morgan fingerprint density at radius 2 is 1.70 bits per heavy atom. The van der Waals surface area contributed by atoms with Crippen molar-refractivity contribution in [2.75, 3.05) is 13.7 Å². The van der Waals surface area contributed by atoms with Gasteiger partial charge in [-0.05, 0) is 30.2 Å². The Hall–Kier alpha value is -0.980. The van der Waals surface area contributed by atoms with Gasteiger partial charge in [0.2, 0.25) is 10.0 Å². The van der Waals surface area contributed by atoms with Crippen molar-refractivity contribution in [3.63, 3.8) is 0 Å². The van der Waals surface area contributed by atoms with Crippen LogP contribution in [0.15, 0.2) is 41.3 Å². The molecule has 4 nitrogen and oxygen atoms in total. The van der Waals surface area contributed by atoms with Crippen LogP contribution in [0, 0.1) is 0 Å². The molecule has 0 amide bonds. The third-order valence-electron chi connectivity index (χ3n) is 3.11. The highest BCUT2D eigenvalue weighted by atomic mass is 35.5. The minimum Gasteiger partial charge on any atom is -0.496 e. The third kappa shape index (κ3) is 4.52. The second kappa shape index (κ2) is 7.73. The lowest BCUT2D eigenvalue weighted by molar-refractivity contribution is 0.409. The van der Waals surface area contributed by atoms with Crippen molar-refractivity contribution in [1.29, 1.82) is 0 Å². The Morgan fingerprint density at radius 1 is 1.09 bits per heavy atom. The van der Waals surface area contributed by atoms with Crippen molar-refractivity contribution in [2.24, 2.45) is 0 Å². The van der Waals surface area contributed by atoms with Crippen molar-refractivity contribution in [3.05, 3.63) is 57.0 Å². The molecular formula is C15H14Cl3NO3S. The largest absolute Gasteiger partial charge is 0.496 e. The van der Waals surface area contributed by atoms with Gasteiger partial charge in [0.15, 0.2) is 0 Å². The topological polar surface area (TPSA) is 55.4 Å². The monoisotopic (exact) mass is 393 g/mol. The van der Waals surface area contributed by atoms with Gasteiger partial charge < -0.3 is 4.74 Å². The van der Waals surface area contributed by atoms with Crippen LogP contribution in [0.3, 0.4) is 0 Å². The summed E-state index contributed by atoms with van der Waals surface area (Å²) in [6, 6.07) is 10.1. The maximum absolute atomic E-state index is 12.4. The Balaban J connectivity index is 2.14. The van der Waals surface area contributed by atoms with Crippen molar-refractivity contribution in [1.82, 2.24) is 4.72 Å². The van der Waals surface area contributed by atoms with E-state index >= 15 is 0 Å². The zero-order chi connectivity index (χ0) is 17.0. The molecule has 1 N–H and O–H groups in total. The van der Waals surface area contributed by atoms with Gasteiger partial charge in [-0.25, -0.2) is 13.1 Å². The van der Waals surface area contributed by atoms with Gasteiger partial charge in [-0.15, -0.1) is 0 Å². The van der Waals surface area contributed by atoms with Gasteiger partial charge in [-0.1, -0.05) is 53.0 Å². The number of benzene rings is 2. The smallest absolute Gasteiger partial charge is 0.243 e. The number of sulfonamides is 1. The lowest BCUT2D eigenvalue weighted by Gasteiger charge is -2.12. The molecule has 0 heterocycles. The fraction of sp³-hybridized carbons (Fsp3) is 0.200. The van der Waals surface area contributed by atoms with Crippen LogP contribution >= 0.6 is 34.8 Å². The summed E-state index contributed by atoms with van der Waals surface area (Å²) >= 11 is 17.7. The fourth-order valence-electron chi connectivity index (χ4n) is 2.09. The first-order chi connectivity index (χ1) is 10.8. The van der Waals surface area contributed by atoms with E-state index < -0.39 is 10.0 Å². The molecule has 0 aromatic heterocycles. The van der Waals surface area contributed by atoms with E-state index in [0.29, 0.717) is 12.2 Å². The van der Waals surface area contributed by atoms with E-state index in [2.05, 4.69) is 4.72 Å². The number of halogens is 3. The first-order valence-corrected chi connectivity index (χ1v) is 9.23. The van der Waals surface area contributed by atoms with E-state index in [9.17, 15) is 8.42 Å². The van der Waals surface area contributed by atoms with E-state index in [4.69, 9.17) is 39.5 Å². The number of hydrogen-bond acceptors (Lipinski definition) is 3. The SMILES string of the molecule is COc1ccccc1CCNS(=O)(=O)c1c(Cl)cc(Cl)cc1Cl. The predicted octanol–water partition coefficient (Wildman–Crippen LogP) is 4.18. The summed E-state index contributed by atoms with van der Waals surface area (Å²) in [5, 5.41) is 0.229. The maximum Gasteiger partial charge on any atom is 0.243 e. The molecule has 8 heteroatoms. The Morgan fingerprint density at radius 3 is 2.30 bits per heavy atom. The van der Waals surface area contributed by atoms with E-state index in [0.717, 1.165) is 5.56 Å². The Labute approximate surface area is 150 Å². The average molecular weight is 395 g/mol. The molecule has 2 aromatic carbocycles. The van der Waals surface area contributed by atoms with Crippen LogP contribution in [0.25, 0.3) is 0 Å². The molecule has 2 rings (SSSR count). The molecule has 2 aromatic rings. The van der Waals surface area contributed by atoms with Gasteiger partial charge >= 0.3 is 0 Å². The molecule has 0 atom stereocenters. The zero-order valence-electron chi connectivity index (χ0n) is 12.1. The number of nitrogens with one attached hydrogen (secondary N) is 1. The minimum absolute atomic E-state index is 0.0210. The van der Waals surface area contributed by atoms with Crippen LogP contribution in [-0.4, -0.2) is 22.1 Å². The number of para-hydroxylation sites is 1. The zero-order valence-corrected chi connectivity index (χ0v) is 15.2. The molecular weight excluding hydrogens is 381 g/mol. The molecule has 0 spiro atoms. The van der Waals surface area contributed by atoms with Gasteiger partial charge in [-0.2, -0.15) is 0 Å². The third-order valence-corrected chi connectivity index (χ3v) is 5.71. The first kappa shape index (κ1) is 18.4. The molecule has 0 aliphatic carbocycles. The highest BCUT2D eigenvalue weighted by molar-refractivity contribution is 7.89. The highest BCUT2D eigenvalue weighted by Crippen LogP contribution is 2.32. The summed E-state index contributed by atoms with van der Waals surface area (Å²) in [5.41, 5.74) is 0.894. The molecule has 0 fully saturated rings.